The number of rotatable bonds is 4. The summed E-state index contributed by atoms with van der Waals surface area (Å²) in [5.74, 6) is 2.38. The van der Waals surface area contributed by atoms with Crippen molar-refractivity contribution < 1.29 is 5.11 Å². The van der Waals surface area contributed by atoms with Gasteiger partial charge in [0.2, 0.25) is 0 Å². The second-order valence-electron chi connectivity index (χ2n) is 4.69. The van der Waals surface area contributed by atoms with Crippen molar-refractivity contribution in [1.29, 1.82) is 0 Å². The van der Waals surface area contributed by atoms with Gasteiger partial charge in [0.05, 0.1) is 6.10 Å². The number of aliphatic hydroxyl groups is 1. The van der Waals surface area contributed by atoms with E-state index in [4.69, 9.17) is 0 Å². The van der Waals surface area contributed by atoms with Gasteiger partial charge in [0.25, 0.3) is 0 Å². The van der Waals surface area contributed by atoms with Crippen molar-refractivity contribution in [2.75, 3.05) is 0 Å². The van der Waals surface area contributed by atoms with Crippen LogP contribution in [-0.4, -0.2) is 11.2 Å². The molecular weight excluding hydrogens is 160 g/mol. The van der Waals surface area contributed by atoms with E-state index in [1.54, 1.807) is 0 Å². The first-order valence-corrected chi connectivity index (χ1v) is 5.62. The summed E-state index contributed by atoms with van der Waals surface area (Å²) in [5.41, 5.74) is 0. The Morgan fingerprint density at radius 3 is 2.77 bits per heavy atom. The molecule has 1 N–H and O–H groups in total. The molecule has 13 heavy (non-hydrogen) atoms. The number of allylic oxidation sites excluding steroid dienone is 1. The maximum absolute atomic E-state index is 9.84. The van der Waals surface area contributed by atoms with Crippen LogP contribution < -0.4 is 0 Å². The van der Waals surface area contributed by atoms with Crippen LogP contribution in [0.4, 0.5) is 0 Å². The van der Waals surface area contributed by atoms with Gasteiger partial charge in [-0.1, -0.05) is 6.08 Å². The summed E-state index contributed by atoms with van der Waals surface area (Å²) in [4.78, 5) is 0. The second-order valence-corrected chi connectivity index (χ2v) is 4.69. The minimum absolute atomic E-state index is 0.0160. The van der Waals surface area contributed by atoms with Gasteiger partial charge in [-0.2, -0.15) is 0 Å². The van der Waals surface area contributed by atoms with Gasteiger partial charge in [0, 0.05) is 0 Å². The van der Waals surface area contributed by atoms with Crippen molar-refractivity contribution in [1.82, 2.24) is 0 Å². The second kappa shape index (κ2) is 3.83. The van der Waals surface area contributed by atoms with E-state index in [-0.39, 0.29) is 6.10 Å². The largest absolute Gasteiger partial charge is 0.393 e. The molecule has 0 amide bonds. The third kappa shape index (κ3) is 1.67. The van der Waals surface area contributed by atoms with E-state index < -0.39 is 0 Å². The number of hydrogen-bond donors (Lipinski definition) is 1. The number of fused-ring (bicyclic) bond motifs is 1. The van der Waals surface area contributed by atoms with E-state index in [1.165, 1.54) is 25.7 Å². The number of unbranched alkanes of at least 4 members (excludes halogenated alkanes) is 1. The third-order valence-electron chi connectivity index (χ3n) is 4.01. The van der Waals surface area contributed by atoms with Crippen LogP contribution in [0.2, 0.25) is 0 Å². The average Bonchev–Trinajstić information content (AvgIpc) is 2.29. The summed E-state index contributed by atoms with van der Waals surface area (Å²) in [7, 11) is 0. The Morgan fingerprint density at radius 1 is 1.38 bits per heavy atom. The first-order valence-electron chi connectivity index (χ1n) is 5.62. The summed E-state index contributed by atoms with van der Waals surface area (Å²) in [6.07, 6.45) is 9.38. The Morgan fingerprint density at radius 2 is 2.23 bits per heavy atom. The van der Waals surface area contributed by atoms with Crippen LogP contribution in [0.25, 0.3) is 0 Å². The molecule has 2 rings (SSSR count). The zero-order chi connectivity index (χ0) is 9.26. The van der Waals surface area contributed by atoms with Crippen molar-refractivity contribution >= 4 is 0 Å². The first kappa shape index (κ1) is 9.26. The van der Waals surface area contributed by atoms with E-state index in [9.17, 15) is 5.11 Å². The molecule has 0 unspecified atom stereocenters. The van der Waals surface area contributed by atoms with Crippen molar-refractivity contribution in [3.63, 3.8) is 0 Å². The van der Waals surface area contributed by atoms with Gasteiger partial charge in [0.1, 0.15) is 0 Å². The lowest BCUT2D eigenvalue weighted by Gasteiger charge is -2.34. The highest BCUT2D eigenvalue weighted by molar-refractivity contribution is 4.96. The fourth-order valence-corrected chi connectivity index (χ4v) is 3.13. The number of aliphatic hydroxyl groups excluding tert-OH is 1. The summed E-state index contributed by atoms with van der Waals surface area (Å²) in [6.45, 7) is 3.73. The molecule has 0 aliphatic heterocycles. The highest BCUT2D eigenvalue weighted by atomic mass is 16.3. The molecule has 0 aromatic rings. The Labute approximate surface area is 80.8 Å². The van der Waals surface area contributed by atoms with E-state index in [0.717, 1.165) is 24.7 Å². The van der Waals surface area contributed by atoms with Crippen molar-refractivity contribution in [3.8, 4) is 0 Å². The van der Waals surface area contributed by atoms with E-state index in [1.807, 2.05) is 6.08 Å². The van der Waals surface area contributed by atoms with Crippen LogP contribution in [0.15, 0.2) is 12.7 Å². The Hall–Kier alpha value is -0.300. The van der Waals surface area contributed by atoms with E-state index in [2.05, 4.69) is 6.58 Å². The van der Waals surface area contributed by atoms with Gasteiger partial charge in [-0.25, -0.2) is 0 Å². The molecule has 2 fully saturated rings. The van der Waals surface area contributed by atoms with E-state index >= 15 is 0 Å². The molecule has 4 atom stereocenters. The van der Waals surface area contributed by atoms with Crippen LogP contribution in [0, 0.1) is 17.8 Å². The van der Waals surface area contributed by atoms with Gasteiger partial charge in [-0.05, 0) is 56.3 Å². The minimum atomic E-state index is 0.0160. The fraction of sp³-hybridized carbons (Fsp3) is 0.833. The van der Waals surface area contributed by atoms with Crippen LogP contribution in [0.1, 0.15) is 38.5 Å². The third-order valence-corrected chi connectivity index (χ3v) is 4.01. The van der Waals surface area contributed by atoms with Crippen LogP contribution in [0.5, 0.6) is 0 Å². The van der Waals surface area contributed by atoms with Gasteiger partial charge in [-0.3, -0.25) is 0 Å². The van der Waals surface area contributed by atoms with Gasteiger partial charge in [0.15, 0.2) is 0 Å². The summed E-state index contributed by atoms with van der Waals surface area (Å²) < 4.78 is 0. The lowest BCUT2D eigenvalue weighted by Crippen LogP contribution is -2.26. The van der Waals surface area contributed by atoms with E-state index in [0.29, 0.717) is 5.92 Å². The smallest absolute Gasteiger partial charge is 0.0573 e. The molecule has 0 spiro atoms. The molecule has 0 heterocycles. The zero-order valence-corrected chi connectivity index (χ0v) is 8.28. The Kier molecular flexibility index (Phi) is 2.73. The summed E-state index contributed by atoms with van der Waals surface area (Å²) in [5, 5.41) is 9.84. The predicted octanol–water partition coefficient (Wildman–Crippen LogP) is 2.75. The van der Waals surface area contributed by atoms with Gasteiger partial charge in [-0.15, -0.1) is 6.58 Å². The first-order chi connectivity index (χ1) is 6.33. The summed E-state index contributed by atoms with van der Waals surface area (Å²) in [6, 6.07) is 0. The topological polar surface area (TPSA) is 20.2 Å². The molecule has 0 radical (unpaired) electrons. The fourth-order valence-electron chi connectivity index (χ4n) is 3.13. The lowest BCUT2D eigenvalue weighted by molar-refractivity contribution is 0.0994. The Balaban J connectivity index is 1.80. The molecule has 74 valence electrons. The molecule has 2 aliphatic carbocycles. The zero-order valence-electron chi connectivity index (χ0n) is 8.28. The summed E-state index contributed by atoms with van der Waals surface area (Å²) >= 11 is 0. The molecule has 1 heteroatoms. The molecule has 0 saturated heterocycles. The van der Waals surface area contributed by atoms with Crippen molar-refractivity contribution in [2.45, 2.75) is 44.6 Å². The minimum Gasteiger partial charge on any atom is -0.393 e. The molecule has 2 saturated carbocycles. The molecule has 0 aromatic heterocycles. The van der Waals surface area contributed by atoms with Crippen LogP contribution in [-0.2, 0) is 0 Å². The lowest BCUT2D eigenvalue weighted by atomic mass is 9.71. The normalized spacial score (nSPS) is 42.5. The SMILES string of the molecule is C=CCCC[C@@H]1[C@H]2CC[C@H]2C[C@@H]1O. The van der Waals surface area contributed by atoms with Crippen LogP contribution >= 0.6 is 0 Å². The molecular formula is C12H20O. The quantitative estimate of drug-likeness (QED) is 0.521. The maximum Gasteiger partial charge on any atom is 0.0573 e. The van der Waals surface area contributed by atoms with Crippen molar-refractivity contribution in [3.05, 3.63) is 12.7 Å². The van der Waals surface area contributed by atoms with Crippen molar-refractivity contribution in [2.24, 2.45) is 17.8 Å². The average molecular weight is 180 g/mol. The van der Waals surface area contributed by atoms with Gasteiger partial charge < -0.3 is 5.11 Å². The molecule has 0 bridgehead atoms. The highest BCUT2D eigenvalue weighted by Gasteiger charge is 2.46. The molecule has 0 aromatic carbocycles. The highest BCUT2D eigenvalue weighted by Crippen LogP contribution is 2.51. The molecule has 2 aliphatic rings. The predicted molar refractivity (Wildman–Crippen MR) is 54.4 cm³/mol. The number of hydrogen-bond acceptors (Lipinski definition) is 1. The van der Waals surface area contributed by atoms with Gasteiger partial charge >= 0.3 is 0 Å². The molecule has 1 nitrogen and oxygen atoms in total. The maximum atomic E-state index is 9.84. The van der Waals surface area contributed by atoms with Crippen LogP contribution in [0.3, 0.4) is 0 Å². The standard InChI is InChI=1S/C12H20O/c1-2-3-4-5-11-10-7-6-9(10)8-12(11)13/h2,9-13H,1,3-8H2/t9-,10-,11+,12-/m0/s1. The monoisotopic (exact) mass is 180 g/mol. The Bertz CT molecular complexity index is 188.